The molecule has 1 fully saturated rings. The van der Waals surface area contributed by atoms with Crippen molar-refractivity contribution in [1.29, 1.82) is 0 Å². The smallest absolute Gasteiger partial charge is 0.315 e. The van der Waals surface area contributed by atoms with Gasteiger partial charge in [0.25, 0.3) is 0 Å². The van der Waals surface area contributed by atoms with Crippen molar-refractivity contribution in [3.05, 3.63) is 23.9 Å². The standard InChI is InChI=1S/C14H21N5O2/c1-11-3-2-5-16-12(11)17-13(20)14(21)19-9-7-18(6-4-15)8-10-19/h2-3,5H,4,6-10,15H2,1H3,(H,16,17,20). The number of piperazine rings is 1. The minimum Gasteiger partial charge on any atom is -0.332 e. The monoisotopic (exact) mass is 291 g/mol. The minimum atomic E-state index is -0.635. The van der Waals surface area contributed by atoms with Gasteiger partial charge in [-0.2, -0.15) is 0 Å². The number of carbonyl (C=O) groups is 2. The summed E-state index contributed by atoms with van der Waals surface area (Å²) < 4.78 is 0. The molecular weight excluding hydrogens is 270 g/mol. The van der Waals surface area contributed by atoms with Crippen LogP contribution < -0.4 is 11.1 Å². The number of pyridine rings is 1. The molecule has 7 heteroatoms. The SMILES string of the molecule is Cc1cccnc1NC(=O)C(=O)N1CCN(CCN)CC1. The zero-order chi connectivity index (χ0) is 15.2. The first-order valence-corrected chi connectivity index (χ1v) is 7.06. The Kier molecular flexibility index (Phi) is 5.24. The van der Waals surface area contributed by atoms with Crippen molar-refractivity contribution in [3.8, 4) is 0 Å². The summed E-state index contributed by atoms with van der Waals surface area (Å²) in [7, 11) is 0. The quantitative estimate of drug-likeness (QED) is 0.728. The number of hydrogen-bond donors (Lipinski definition) is 2. The van der Waals surface area contributed by atoms with Crippen molar-refractivity contribution in [2.24, 2.45) is 5.73 Å². The fraction of sp³-hybridized carbons (Fsp3) is 0.500. The van der Waals surface area contributed by atoms with E-state index in [2.05, 4.69) is 15.2 Å². The van der Waals surface area contributed by atoms with Gasteiger partial charge in [-0.3, -0.25) is 14.5 Å². The number of amides is 2. The number of nitrogens with one attached hydrogen (secondary N) is 1. The predicted molar refractivity (Wildman–Crippen MR) is 79.7 cm³/mol. The molecule has 1 aromatic rings. The lowest BCUT2D eigenvalue weighted by molar-refractivity contribution is -0.144. The number of anilines is 1. The molecule has 0 unspecified atom stereocenters. The van der Waals surface area contributed by atoms with E-state index in [0.29, 0.717) is 25.5 Å². The van der Waals surface area contributed by atoms with Crippen molar-refractivity contribution in [3.63, 3.8) is 0 Å². The second-order valence-electron chi connectivity index (χ2n) is 5.05. The first-order valence-electron chi connectivity index (χ1n) is 7.06. The van der Waals surface area contributed by atoms with Crippen molar-refractivity contribution in [2.75, 3.05) is 44.6 Å². The fourth-order valence-electron chi connectivity index (χ4n) is 2.28. The zero-order valence-electron chi connectivity index (χ0n) is 12.2. The highest BCUT2D eigenvalue weighted by Gasteiger charge is 2.26. The Balaban J connectivity index is 1.89. The first kappa shape index (κ1) is 15.4. The zero-order valence-corrected chi connectivity index (χ0v) is 12.2. The van der Waals surface area contributed by atoms with Gasteiger partial charge in [0, 0.05) is 45.5 Å². The lowest BCUT2D eigenvalue weighted by Gasteiger charge is -2.34. The van der Waals surface area contributed by atoms with Gasteiger partial charge in [-0.05, 0) is 18.6 Å². The number of aromatic nitrogens is 1. The molecule has 1 aliphatic rings. The lowest BCUT2D eigenvalue weighted by Crippen LogP contribution is -2.52. The van der Waals surface area contributed by atoms with E-state index in [1.807, 2.05) is 13.0 Å². The summed E-state index contributed by atoms with van der Waals surface area (Å²) in [6.07, 6.45) is 1.58. The van der Waals surface area contributed by atoms with E-state index in [0.717, 1.165) is 25.2 Å². The van der Waals surface area contributed by atoms with Crippen LogP contribution in [-0.2, 0) is 9.59 Å². The molecule has 21 heavy (non-hydrogen) atoms. The molecular formula is C14H21N5O2. The molecule has 7 nitrogen and oxygen atoms in total. The van der Waals surface area contributed by atoms with Crippen molar-refractivity contribution >= 4 is 17.6 Å². The Morgan fingerprint density at radius 1 is 1.33 bits per heavy atom. The Labute approximate surface area is 124 Å². The third kappa shape index (κ3) is 3.99. The normalized spacial score (nSPS) is 15.8. The maximum absolute atomic E-state index is 12.1. The van der Waals surface area contributed by atoms with Gasteiger partial charge in [0.2, 0.25) is 0 Å². The Hall–Kier alpha value is -1.99. The highest BCUT2D eigenvalue weighted by Crippen LogP contribution is 2.10. The first-order chi connectivity index (χ1) is 10.1. The van der Waals surface area contributed by atoms with Gasteiger partial charge in [0.15, 0.2) is 0 Å². The largest absolute Gasteiger partial charge is 0.332 e. The molecule has 3 N–H and O–H groups in total. The molecule has 114 valence electrons. The van der Waals surface area contributed by atoms with Crippen LogP contribution in [-0.4, -0.2) is 65.9 Å². The van der Waals surface area contributed by atoms with Crippen molar-refractivity contribution < 1.29 is 9.59 Å². The number of rotatable bonds is 3. The van der Waals surface area contributed by atoms with Crippen LogP contribution in [0.15, 0.2) is 18.3 Å². The third-order valence-corrected chi connectivity index (χ3v) is 3.54. The Bertz CT molecular complexity index is 512. The van der Waals surface area contributed by atoms with Gasteiger partial charge in [-0.15, -0.1) is 0 Å². The van der Waals surface area contributed by atoms with Gasteiger partial charge in [-0.1, -0.05) is 6.07 Å². The van der Waals surface area contributed by atoms with Gasteiger partial charge >= 0.3 is 11.8 Å². The average Bonchev–Trinajstić information content (AvgIpc) is 2.50. The summed E-state index contributed by atoms with van der Waals surface area (Å²) >= 11 is 0. The molecule has 0 radical (unpaired) electrons. The van der Waals surface area contributed by atoms with Crippen LogP contribution in [0, 0.1) is 6.92 Å². The van der Waals surface area contributed by atoms with Gasteiger partial charge in [-0.25, -0.2) is 4.98 Å². The van der Waals surface area contributed by atoms with Crippen LogP contribution in [0.5, 0.6) is 0 Å². The van der Waals surface area contributed by atoms with Gasteiger partial charge < -0.3 is 16.0 Å². The van der Waals surface area contributed by atoms with E-state index in [-0.39, 0.29) is 0 Å². The highest BCUT2D eigenvalue weighted by atomic mass is 16.2. The molecule has 0 bridgehead atoms. The molecule has 0 spiro atoms. The summed E-state index contributed by atoms with van der Waals surface area (Å²) in [5, 5.41) is 2.57. The summed E-state index contributed by atoms with van der Waals surface area (Å²) in [5.74, 6) is -0.714. The molecule has 1 aliphatic heterocycles. The summed E-state index contributed by atoms with van der Waals surface area (Å²) in [6.45, 7) is 5.85. The lowest BCUT2D eigenvalue weighted by atomic mass is 10.2. The summed E-state index contributed by atoms with van der Waals surface area (Å²) in [6, 6.07) is 3.61. The molecule has 2 rings (SSSR count). The number of carbonyl (C=O) groups excluding carboxylic acids is 2. The summed E-state index contributed by atoms with van der Waals surface area (Å²) in [4.78, 5) is 31.9. The van der Waals surface area contributed by atoms with E-state index in [9.17, 15) is 9.59 Å². The minimum absolute atomic E-state index is 0.428. The van der Waals surface area contributed by atoms with Crippen LogP contribution in [0.3, 0.4) is 0 Å². The Morgan fingerprint density at radius 3 is 2.67 bits per heavy atom. The van der Waals surface area contributed by atoms with Crippen molar-refractivity contribution in [1.82, 2.24) is 14.8 Å². The number of aryl methyl sites for hydroxylation is 1. The molecule has 1 aromatic heterocycles. The van der Waals surface area contributed by atoms with Gasteiger partial charge in [0.05, 0.1) is 0 Å². The predicted octanol–water partition coefficient (Wildman–Crippen LogP) is -0.569. The number of nitrogens with zero attached hydrogens (tertiary/aromatic N) is 3. The highest BCUT2D eigenvalue weighted by molar-refractivity contribution is 6.39. The molecule has 1 saturated heterocycles. The summed E-state index contributed by atoms with van der Waals surface area (Å²) in [5.41, 5.74) is 6.33. The third-order valence-electron chi connectivity index (χ3n) is 3.54. The van der Waals surface area contributed by atoms with Crippen LogP contribution in [0.2, 0.25) is 0 Å². The molecule has 0 aliphatic carbocycles. The maximum atomic E-state index is 12.1. The van der Waals surface area contributed by atoms with E-state index in [1.165, 1.54) is 0 Å². The van der Waals surface area contributed by atoms with Crippen molar-refractivity contribution in [2.45, 2.75) is 6.92 Å². The van der Waals surface area contributed by atoms with E-state index >= 15 is 0 Å². The van der Waals surface area contributed by atoms with Crippen LogP contribution in [0.25, 0.3) is 0 Å². The molecule has 0 saturated carbocycles. The van der Waals surface area contributed by atoms with Crippen LogP contribution >= 0.6 is 0 Å². The van der Waals surface area contributed by atoms with E-state index in [4.69, 9.17) is 5.73 Å². The topological polar surface area (TPSA) is 91.6 Å². The number of hydrogen-bond acceptors (Lipinski definition) is 5. The average molecular weight is 291 g/mol. The molecule has 2 amide bonds. The second kappa shape index (κ2) is 7.14. The van der Waals surface area contributed by atoms with Crippen LogP contribution in [0.4, 0.5) is 5.82 Å². The van der Waals surface area contributed by atoms with E-state index in [1.54, 1.807) is 17.2 Å². The maximum Gasteiger partial charge on any atom is 0.315 e. The van der Waals surface area contributed by atoms with Crippen LogP contribution in [0.1, 0.15) is 5.56 Å². The fourth-order valence-corrected chi connectivity index (χ4v) is 2.28. The molecule has 0 atom stereocenters. The van der Waals surface area contributed by atoms with Gasteiger partial charge in [0.1, 0.15) is 5.82 Å². The Morgan fingerprint density at radius 2 is 2.05 bits per heavy atom. The number of nitrogens with two attached hydrogens (primary N) is 1. The van der Waals surface area contributed by atoms with E-state index < -0.39 is 11.8 Å². The second-order valence-corrected chi connectivity index (χ2v) is 5.05. The molecule has 0 aromatic carbocycles. The molecule has 2 heterocycles.